The average Bonchev–Trinajstić information content (AvgIpc) is 2.85. The van der Waals surface area contributed by atoms with Crippen molar-refractivity contribution in [1.82, 2.24) is 9.97 Å². The van der Waals surface area contributed by atoms with Crippen LogP contribution in [0.15, 0.2) is 104 Å². The average molecular weight is 426 g/mol. The first kappa shape index (κ1) is 20.9. The first-order valence-electron chi connectivity index (χ1n) is 9.89. The van der Waals surface area contributed by atoms with Gasteiger partial charge >= 0.3 is 0 Å². The predicted octanol–water partition coefficient (Wildman–Crippen LogP) is 4.64. The zero-order valence-electron chi connectivity index (χ0n) is 16.9. The molecule has 0 unspecified atom stereocenters. The van der Waals surface area contributed by atoms with Gasteiger partial charge in [-0.15, -0.1) is 0 Å². The number of aromatic nitrogens is 2. The third-order valence-corrected chi connectivity index (χ3v) is 4.77. The molecule has 1 atom stereocenters. The maximum absolute atomic E-state index is 13.6. The monoisotopic (exact) mass is 426 g/mol. The molecule has 6 nitrogen and oxygen atoms in total. The Bertz CT molecular complexity index is 1190. The minimum atomic E-state index is -1.02. The molecular formula is C25H19FN4O2. The molecule has 158 valence electrons. The van der Waals surface area contributed by atoms with Crippen LogP contribution in [0.1, 0.15) is 22.1 Å². The van der Waals surface area contributed by atoms with E-state index in [2.05, 4.69) is 15.3 Å². The van der Waals surface area contributed by atoms with E-state index in [-0.39, 0.29) is 5.69 Å². The molecular weight excluding hydrogens is 407 g/mol. The summed E-state index contributed by atoms with van der Waals surface area (Å²) in [5, 5.41) is 2.79. The second kappa shape index (κ2) is 9.61. The first-order chi connectivity index (χ1) is 15.6. The fraction of sp³-hybridized carbons (Fsp3) is 0.0400. The van der Waals surface area contributed by atoms with Gasteiger partial charge in [0.25, 0.3) is 11.8 Å². The van der Waals surface area contributed by atoms with Gasteiger partial charge in [0.05, 0.1) is 6.20 Å². The number of hydrogen-bond donors (Lipinski definition) is 1. The van der Waals surface area contributed by atoms with Crippen molar-refractivity contribution >= 4 is 23.2 Å². The Labute approximate surface area is 184 Å². The highest BCUT2D eigenvalue weighted by molar-refractivity contribution is 6.11. The molecule has 0 spiro atoms. The van der Waals surface area contributed by atoms with Gasteiger partial charge < -0.3 is 5.32 Å². The van der Waals surface area contributed by atoms with E-state index in [1.54, 1.807) is 48.5 Å². The molecule has 0 fully saturated rings. The maximum Gasteiger partial charge on any atom is 0.279 e. The molecule has 0 radical (unpaired) electrons. The summed E-state index contributed by atoms with van der Waals surface area (Å²) in [6.07, 6.45) is 4.25. The zero-order valence-corrected chi connectivity index (χ0v) is 16.9. The van der Waals surface area contributed by atoms with E-state index in [9.17, 15) is 14.0 Å². The van der Waals surface area contributed by atoms with Crippen molar-refractivity contribution in [2.45, 2.75) is 6.04 Å². The van der Waals surface area contributed by atoms with Crippen LogP contribution in [-0.4, -0.2) is 21.8 Å². The van der Waals surface area contributed by atoms with Crippen LogP contribution in [-0.2, 0) is 4.79 Å². The molecule has 0 aliphatic carbocycles. The SMILES string of the molecule is O=C(Nc1ccc(F)cc1)[C@H](c1ccccc1)N(C(=O)c1cnccn1)c1ccccc1. The van der Waals surface area contributed by atoms with Crippen LogP contribution in [0.5, 0.6) is 0 Å². The summed E-state index contributed by atoms with van der Waals surface area (Å²) in [6.45, 7) is 0. The summed E-state index contributed by atoms with van der Waals surface area (Å²) in [5.41, 5.74) is 1.64. The van der Waals surface area contributed by atoms with Crippen molar-refractivity contribution < 1.29 is 14.0 Å². The molecule has 1 heterocycles. The summed E-state index contributed by atoms with van der Waals surface area (Å²) in [5.74, 6) is -1.34. The van der Waals surface area contributed by atoms with Gasteiger partial charge in [-0.2, -0.15) is 0 Å². The number of carbonyl (C=O) groups excluding carboxylic acids is 2. The molecule has 0 saturated carbocycles. The molecule has 1 N–H and O–H groups in total. The molecule has 3 aromatic carbocycles. The normalized spacial score (nSPS) is 11.4. The van der Waals surface area contributed by atoms with Crippen molar-refractivity contribution in [3.8, 4) is 0 Å². The van der Waals surface area contributed by atoms with Crippen LogP contribution in [0.3, 0.4) is 0 Å². The van der Waals surface area contributed by atoms with E-state index in [4.69, 9.17) is 0 Å². The number of benzene rings is 3. The van der Waals surface area contributed by atoms with Gasteiger partial charge in [-0.05, 0) is 42.0 Å². The van der Waals surface area contributed by atoms with Gasteiger partial charge in [0.1, 0.15) is 17.6 Å². The molecule has 1 aromatic heterocycles. The summed E-state index contributed by atoms with van der Waals surface area (Å²) < 4.78 is 13.3. The van der Waals surface area contributed by atoms with E-state index in [0.29, 0.717) is 16.9 Å². The predicted molar refractivity (Wildman–Crippen MR) is 119 cm³/mol. The second-order valence-electron chi connectivity index (χ2n) is 6.91. The van der Waals surface area contributed by atoms with Crippen LogP contribution in [0.2, 0.25) is 0 Å². The van der Waals surface area contributed by atoms with Gasteiger partial charge in [0.2, 0.25) is 0 Å². The number of anilines is 2. The fourth-order valence-corrected chi connectivity index (χ4v) is 3.30. The number of para-hydroxylation sites is 1. The highest BCUT2D eigenvalue weighted by atomic mass is 19.1. The lowest BCUT2D eigenvalue weighted by Crippen LogP contribution is -2.42. The quantitative estimate of drug-likeness (QED) is 0.487. The van der Waals surface area contributed by atoms with E-state index < -0.39 is 23.7 Å². The Morgan fingerprint density at radius 1 is 0.844 bits per heavy atom. The minimum absolute atomic E-state index is 0.104. The molecule has 4 rings (SSSR count). The van der Waals surface area contributed by atoms with Crippen molar-refractivity contribution in [3.63, 3.8) is 0 Å². The molecule has 0 aliphatic rings. The maximum atomic E-state index is 13.6. The summed E-state index contributed by atoms with van der Waals surface area (Å²) in [4.78, 5) is 36.6. The van der Waals surface area contributed by atoms with Crippen molar-refractivity contribution in [3.05, 3.63) is 121 Å². The second-order valence-corrected chi connectivity index (χ2v) is 6.91. The molecule has 0 saturated heterocycles. The lowest BCUT2D eigenvalue weighted by molar-refractivity contribution is -0.117. The fourth-order valence-electron chi connectivity index (χ4n) is 3.30. The van der Waals surface area contributed by atoms with Crippen molar-refractivity contribution in [2.24, 2.45) is 0 Å². The third kappa shape index (κ3) is 4.67. The molecule has 2 amide bonds. The highest BCUT2D eigenvalue weighted by Gasteiger charge is 2.34. The number of nitrogens with zero attached hydrogens (tertiary/aromatic N) is 3. The summed E-state index contributed by atoms with van der Waals surface area (Å²) in [7, 11) is 0. The Kier molecular flexibility index (Phi) is 6.27. The molecule has 0 bridgehead atoms. The van der Waals surface area contributed by atoms with E-state index in [1.807, 2.05) is 12.1 Å². The number of rotatable bonds is 6. The summed E-state index contributed by atoms with van der Waals surface area (Å²) >= 11 is 0. The largest absolute Gasteiger partial charge is 0.324 e. The van der Waals surface area contributed by atoms with Gasteiger partial charge in [0.15, 0.2) is 0 Å². The van der Waals surface area contributed by atoms with Crippen LogP contribution < -0.4 is 10.2 Å². The van der Waals surface area contributed by atoms with Crippen molar-refractivity contribution in [1.29, 1.82) is 0 Å². The Balaban J connectivity index is 1.80. The highest BCUT2D eigenvalue weighted by Crippen LogP contribution is 2.30. The molecule has 7 heteroatoms. The molecule has 0 aliphatic heterocycles. The molecule has 4 aromatic rings. The number of halogens is 1. The van der Waals surface area contributed by atoms with Gasteiger partial charge in [0, 0.05) is 23.8 Å². The van der Waals surface area contributed by atoms with Gasteiger partial charge in [-0.1, -0.05) is 48.5 Å². The van der Waals surface area contributed by atoms with Crippen LogP contribution in [0.25, 0.3) is 0 Å². The summed E-state index contributed by atoms with van der Waals surface area (Å²) in [6, 6.07) is 22.3. The van der Waals surface area contributed by atoms with E-state index in [1.165, 1.54) is 47.8 Å². The van der Waals surface area contributed by atoms with Crippen LogP contribution >= 0.6 is 0 Å². The van der Waals surface area contributed by atoms with Gasteiger partial charge in [-0.3, -0.25) is 19.5 Å². The van der Waals surface area contributed by atoms with E-state index >= 15 is 0 Å². The number of carbonyl (C=O) groups is 2. The minimum Gasteiger partial charge on any atom is -0.324 e. The number of nitrogens with one attached hydrogen (secondary N) is 1. The van der Waals surface area contributed by atoms with E-state index in [0.717, 1.165) is 0 Å². The lowest BCUT2D eigenvalue weighted by Gasteiger charge is -2.31. The third-order valence-electron chi connectivity index (χ3n) is 4.77. The standard InChI is InChI=1S/C25H19FN4O2/c26-19-11-13-20(14-12-19)29-24(31)23(18-7-3-1-4-8-18)30(21-9-5-2-6-10-21)25(32)22-17-27-15-16-28-22/h1-17,23H,(H,29,31)/t23-/m0/s1. The number of amides is 2. The smallest absolute Gasteiger partial charge is 0.279 e. The lowest BCUT2D eigenvalue weighted by atomic mass is 10.0. The zero-order chi connectivity index (χ0) is 22.3. The van der Waals surface area contributed by atoms with Crippen LogP contribution in [0, 0.1) is 5.82 Å². The Morgan fingerprint density at radius 2 is 1.50 bits per heavy atom. The number of hydrogen-bond acceptors (Lipinski definition) is 4. The topological polar surface area (TPSA) is 75.2 Å². The van der Waals surface area contributed by atoms with Crippen molar-refractivity contribution in [2.75, 3.05) is 10.2 Å². The van der Waals surface area contributed by atoms with Gasteiger partial charge in [-0.25, -0.2) is 9.37 Å². The Hall–Kier alpha value is -4.39. The Morgan fingerprint density at radius 3 is 2.12 bits per heavy atom. The van der Waals surface area contributed by atoms with Crippen LogP contribution in [0.4, 0.5) is 15.8 Å². The molecule has 32 heavy (non-hydrogen) atoms. The first-order valence-corrected chi connectivity index (χ1v) is 9.89.